The van der Waals surface area contributed by atoms with E-state index in [9.17, 15) is 8.42 Å². The van der Waals surface area contributed by atoms with Crippen LogP contribution in [0.5, 0.6) is 0 Å². The Balaban J connectivity index is 2.06. The maximum Gasteiger partial charge on any atom is 0.251 e. The Bertz CT molecular complexity index is 488. The number of nitrogens with one attached hydrogen (secondary N) is 1. The lowest BCUT2D eigenvalue weighted by atomic mass is 9.80. The number of halogens is 1. The summed E-state index contributed by atoms with van der Waals surface area (Å²) < 4.78 is 33.0. The summed E-state index contributed by atoms with van der Waals surface area (Å²) >= 11 is 4.43. The van der Waals surface area contributed by atoms with Crippen molar-refractivity contribution in [3.63, 3.8) is 0 Å². The maximum atomic E-state index is 12.0. The molecular weight excluding hydrogens is 326 g/mol. The first kappa shape index (κ1) is 13.5. The zero-order chi connectivity index (χ0) is 12.5. The van der Waals surface area contributed by atoms with Crippen molar-refractivity contribution in [3.05, 3.63) is 15.9 Å². The minimum atomic E-state index is -3.43. The van der Waals surface area contributed by atoms with Crippen LogP contribution in [0.25, 0.3) is 0 Å². The molecule has 7 heteroatoms. The third kappa shape index (κ3) is 2.73. The second-order valence-corrected chi connectivity index (χ2v) is 7.85. The molecule has 17 heavy (non-hydrogen) atoms. The summed E-state index contributed by atoms with van der Waals surface area (Å²) in [7, 11) is -1.79. The van der Waals surface area contributed by atoms with Gasteiger partial charge in [-0.2, -0.15) is 0 Å². The summed E-state index contributed by atoms with van der Waals surface area (Å²) in [5, 5.41) is 1.74. The van der Waals surface area contributed by atoms with Gasteiger partial charge in [-0.05, 0) is 46.6 Å². The molecule has 0 saturated heterocycles. The van der Waals surface area contributed by atoms with Gasteiger partial charge in [0.2, 0.25) is 0 Å². The van der Waals surface area contributed by atoms with Crippen molar-refractivity contribution in [3.8, 4) is 0 Å². The third-order valence-electron chi connectivity index (χ3n) is 3.11. The standard InChI is InChI=1S/C10H14BrNO3S2/c1-15-10(4-2-5-10)7-12-17(13,14)9-8(11)3-6-16-9/h3,6,12H,2,4-5,7H2,1H3. The topological polar surface area (TPSA) is 55.4 Å². The zero-order valence-electron chi connectivity index (χ0n) is 9.40. The van der Waals surface area contributed by atoms with Gasteiger partial charge in [0.25, 0.3) is 10.0 Å². The minimum Gasteiger partial charge on any atom is -0.377 e. The molecule has 2 rings (SSSR count). The van der Waals surface area contributed by atoms with Crippen molar-refractivity contribution in [2.45, 2.75) is 29.1 Å². The first-order chi connectivity index (χ1) is 7.99. The third-order valence-corrected chi connectivity index (χ3v) is 7.18. The fourth-order valence-electron chi connectivity index (χ4n) is 1.79. The highest BCUT2D eigenvalue weighted by Crippen LogP contribution is 2.35. The van der Waals surface area contributed by atoms with Gasteiger partial charge < -0.3 is 4.74 Å². The zero-order valence-corrected chi connectivity index (χ0v) is 12.6. The van der Waals surface area contributed by atoms with Crippen LogP contribution in [0.3, 0.4) is 0 Å². The molecule has 0 aromatic carbocycles. The molecule has 1 aromatic heterocycles. The lowest BCUT2D eigenvalue weighted by Gasteiger charge is -2.40. The van der Waals surface area contributed by atoms with Crippen LogP contribution < -0.4 is 4.72 Å². The van der Waals surface area contributed by atoms with Gasteiger partial charge in [0.15, 0.2) is 0 Å². The highest BCUT2D eigenvalue weighted by Gasteiger charge is 2.38. The first-order valence-corrected chi connectivity index (χ1v) is 8.42. The first-order valence-electron chi connectivity index (χ1n) is 5.27. The fourth-order valence-corrected chi connectivity index (χ4v) is 5.28. The fraction of sp³-hybridized carbons (Fsp3) is 0.600. The predicted molar refractivity (Wildman–Crippen MR) is 70.8 cm³/mol. The normalized spacial score (nSPS) is 18.9. The van der Waals surface area contributed by atoms with Gasteiger partial charge in [0.1, 0.15) is 4.21 Å². The van der Waals surface area contributed by atoms with Gasteiger partial charge in [0, 0.05) is 18.1 Å². The lowest BCUT2D eigenvalue weighted by Crippen LogP contribution is -2.49. The summed E-state index contributed by atoms with van der Waals surface area (Å²) in [6.07, 6.45) is 2.92. The Labute approximate surface area is 114 Å². The molecule has 1 heterocycles. The molecule has 1 aliphatic rings. The smallest absolute Gasteiger partial charge is 0.251 e. The minimum absolute atomic E-state index is 0.295. The molecule has 0 atom stereocenters. The van der Waals surface area contributed by atoms with E-state index in [4.69, 9.17) is 4.74 Å². The summed E-state index contributed by atoms with van der Waals surface area (Å²) in [6.45, 7) is 0.343. The highest BCUT2D eigenvalue weighted by atomic mass is 79.9. The van der Waals surface area contributed by atoms with E-state index in [1.807, 2.05) is 0 Å². The molecule has 4 nitrogen and oxygen atoms in total. The molecule has 0 aliphatic heterocycles. The monoisotopic (exact) mass is 339 g/mol. The van der Waals surface area contributed by atoms with E-state index < -0.39 is 10.0 Å². The van der Waals surface area contributed by atoms with Crippen LogP contribution in [0.15, 0.2) is 20.1 Å². The van der Waals surface area contributed by atoms with Gasteiger partial charge in [-0.1, -0.05) is 0 Å². The van der Waals surface area contributed by atoms with E-state index in [-0.39, 0.29) is 5.60 Å². The van der Waals surface area contributed by atoms with Crippen molar-refractivity contribution in [2.75, 3.05) is 13.7 Å². The van der Waals surface area contributed by atoms with Crippen LogP contribution in [0, 0.1) is 0 Å². The number of sulfonamides is 1. The Morgan fingerprint density at radius 1 is 1.59 bits per heavy atom. The maximum absolute atomic E-state index is 12.0. The van der Waals surface area contributed by atoms with Gasteiger partial charge in [-0.25, -0.2) is 13.1 Å². The van der Waals surface area contributed by atoms with Gasteiger partial charge in [-0.15, -0.1) is 11.3 Å². The average Bonchev–Trinajstić information content (AvgIpc) is 2.64. The molecular formula is C10H14BrNO3S2. The molecule has 1 aromatic rings. The van der Waals surface area contributed by atoms with E-state index in [1.54, 1.807) is 18.6 Å². The SMILES string of the molecule is COC1(CNS(=O)(=O)c2sccc2Br)CCC1. The van der Waals surface area contributed by atoms with Crippen LogP contribution >= 0.6 is 27.3 Å². The molecule has 0 bridgehead atoms. The number of ether oxygens (including phenoxy) is 1. The Morgan fingerprint density at radius 2 is 2.29 bits per heavy atom. The summed E-state index contributed by atoms with van der Waals surface area (Å²) in [5.41, 5.74) is -0.295. The molecule has 1 fully saturated rings. The van der Waals surface area contributed by atoms with E-state index in [0.29, 0.717) is 15.2 Å². The summed E-state index contributed by atoms with van der Waals surface area (Å²) in [4.78, 5) is 0. The largest absolute Gasteiger partial charge is 0.377 e. The molecule has 0 unspecified atom stereocenters. The number of rotatable bonds is 5. The average molecular weight is 340 g/mol. The van der Waals surface area contributed by atoms with Crippen molar-refractivity contribution in [2.24, 2.45) is 0 Å². The van der Waals surface area contributed by atoms with E-state index in [1.165, 1.54) is 11.3 Å². The van der Waals surface area contributed by atoms with Gasteiger partial charge in [0.05, 0.1) is 5.60 Å². The van der Waals surface area contributed by atoms with E-state index in [2.05, 4.69) is 20.7 Å². The van der Waals surface area contributed by atoms with Gasteiger partial charge in [-0.3, -0.25) is 0 Å². The van der Waals surface area contributed by atoms with E-state index in [0.717, 1.165) is 19.3 Å². The molecule has 1 N–H and O–H groups in total. The molecule has 0 radical (unpaired) electrons. The second kappa shape index (κ2) is 4.97. The molecule has 1 aliphatic carbocycles. The summed E-state index contributed by atoms with van der Waals surface area (Å²) in [5.74, 6) is 0. The number of thiophene rings is 1. The van der Waals surface area contributed by atoms with Crippen LogP contribution in [-0.2, 0) is 14.8 Å². The van der Waals surface area contributed by atoms with Gasteiger partial charge >= 0.3 is 0 Å². The van der Waals surface area contributed by atoms with E-state index >= 15 is 0 Å². The Morgan fingerprint density at radius 3 is 2.71 bits per heavy atom. The number of methoxy groups -OCH3 is 1. The molecule has 96 valence electrons. The summed E-state index contributed by atoms with van der Waals surface area (Å²) in [6, 6.07) is 1.73. The van der Waals surface area contributed by atoms with Crippen LogP contribution in [-0.4, -0.2) is 27.7 Å². The quantitative estimate of drug-likeness (QED) is 0.895. The molecule has 0 spiro atoms. The van der Waals surface area contributed by atoms with Crippen LogP contribution in [0.4, 0.5) is 0 Å². The highest BCUT2D eigenvalue weighted by molar-refractivity contribution is 9.10. The molecule has 0 amide bonds. The predicted octanol–water partition coefficient (Wildman–Crippen LogP) is 2.36. The van der Waals surface area contributed by atoms with Crippen LogP contribution in [0.1, 0.15) is 19.3 Å². The Kier molecular flexibility index (Phi) is 3.94. The van der Waals surface area contributed by atoms with Crippen molar-refractivity contribution in [1.82, 2.24) is 4.72 Å². The molecule has 1 saturated carbocycles. The van der Waals surface area contributed by atoms with Crippen molar-refractivity contribution in [1.29, 1.82) is 0 Å². The second-order valence-electron chi connectivity index (χ2n) is 4.12. The number of hydrogen-bond donors (Lipinski definition) is 1. The number of hydrogen-bond acceptors (Lipinski definition) is 4. The Hall–Kier alpha value is 0.0500. The van der Waals surface area contributed by atoms with Crippen LogP contribution in [0.2, 0.25) is 0 Å². The van der Waals surface area contributed by atoms with Crippen molar-refractivity contribution >= 4 is 37.3 Å². The van der Waals surface area contributed by atoms with Crippen molar-refractivity contribution < 1.29 is 13.2 Å². The lowest BCUT2D eigenvalue weighted by molar-refractivity contribution is -0.0659.